The minimum absolute atomic E-state index is 0.0955. The monoisotopic (exact) mass is 412 g/mol. The molecule has 9 heteroatoms. The Morgan fingerprint density at radius 2 is 1.84 bits per heavy atom. The lowest BCUT2D eigenvalue weighted by Gasteiger charge is -2.12. The molecule has 0 aliphatic rings. The maximum absolute atomic E-state index is 10.8. The molecule has 0 aliphatic heterocycles. The molecule has 0 bridgehead atoms. The Labute approximate surface area is 177 Å². The van der Waals surface area contributed by atoms with Gasteiger partial charge in [0.25, 0.3) is 5.78 Å². The molecule has 3 aromatic heterocycles. The summed E-state index contributed by atoms with van der Waals surface area (Å²) in [6, 6.07) is 16.2. The normalized spacial score (nSPS) is 11.3. The first-order valence-electron chi connectivity index (χ1n) is 10.1. The summed E-state index contributed by atoms with van der Waals surface area (Å²) in [6.45, 7) is 2.09. The quantitative estimate of drug-likeness (QED) is 0.440. The lowest BCUT2D eigenvalue weighted by Crippen LogP contribution is -2.05. The van der Waals surface area contributed by atoms with Gasteiger partial charge in [-0.15, -0.1) is 5.10 Å². The van der Waals surface area contributed by atoms with Gasteiger partial charge in [0.15, 0.2) is 5.82 Å². The van der Waals surface area contributed by atoms with Gasteiger partial charge in [-0.2, -0.15) is 14.6 Å². The topological polar surface area (TPSA) is 118 Å². The molecule has 2 aromatic carbocycles. The first-order chi connectivity index (χ1) is 15.2. The van der Waals surface area contributed by atoms with E-state index in [0.29, 0.717) is 18.0 Å². The number of nitrogens with one attached hydrogen (secondary N) is 1. The second-order valence-electron chi connectivity index (χ2n) is 7.25. The summed E-state index contributed by atoms with van der Waals surface area (Å²) in [7, 11) is 0. The van der Waals surface area contributed by atoms with Crippen molar-refractivity contribution < 1.29 is 5.11 Å². The maximum Gasteiger partial charge on any atom is 0.255 e. The first-order valence-corrected chi connectivity index (χ1v) is 10.1. The van der Waals surface area contributed by atoms with Crippen molar-refractivity contribution in [2.24, 2.45) is 0 Å². The molecule has 0 amide bonds. The van der Waals surface area contributed by atoms with Crippen LogP contribution in [-0.2, 0) is 12.8 Å². The average Bonchev–Trinajstić information content (AvgIpc) is 3.49. The molecule has 154 valence electrons. The fourth-order valence-corrected chi connectivity index (χ4v) is 3.75. The van der Waals surface area contributed by atoms with Crippen molar-refractivity contribution in [3.8, 4) is 28.4 Å². The molecule has 0 fully saturated rings. The Morgan fingerprint density at radius 3 is 2.58 bits per heavy atom. The molecule has 31 heavy (non-hydrogen) atoms. The standard InChI is InChI=1S/C22H20N8O/c1-2-5-19-18(21(31)30-22(25-19)23-13-24-30)12-14-8-10-15(11-9-14)16-6-3-4-7-17(16)20-26-28-29-27-20/h3-4,6-11,13,31H,2,5,12H2,1H3,(H,26,27,28,29). The van der Waals surface area contributed by atoms with Gasteiger partial charge >= 0.3 is 0 Å². The van der Waals surface area contributed by atoms with E-state index < -0.39 is 0 Å². The van der Waals surface area contributed by atoms with Crippen molar-refractivity contribution in [3.05, 3.63) is 71.7 Å². The van der Waals surface area contributed by atoms with Crippen LogP contribution in [0.3, 0.4) is 0 Å². The lowest BCUT2D eigenvalue weighted by atomic mass is 9.96. The Bertz CT molecular complexity index is 1330. The van der Waals surface area contributed by atoms with Gasteiger partial charge in [-0.3, -0.25) is 0 Å². The Balaban J connectivity index is 1.49. The summed E-state index contributed by atoms with van der Waals surface area (Å²) >= 11 is 0. The molecule has 3 heterocycles. The number of benzene rings is 2. The smallest absolute Gasteiger partial charge is 0.255 e. The van der Waals surface area contributed by atoms with E-state index >= 15 is 0 Å². The molecule has 9 nitrogen and oxygen atoms in total. The summed E-state index contributed by atoms with van der Waals surface area (Å²) in [5.74, 6) is 1.14. The van der Waals surface area contributed by atoms with Crippen LogP contribution < -0.4 is 0 Å². The van der Waals surface area contributed by atoms with Crippen molar-refractivity contribution >= 4 is 5.78 Å². The second kappa shape index (κ2) is 7.94. The van der Waals surface area contributed by atoms with Gasteiger partial charge in [0.2, 0.25) is 5.88 Å². The number of rotatable bonds is 6. The number of aromatic nitrogens is 8. The third kappa shape index (κ3) is 3.50. The fourth-order valence-electron chi connectivity index (χ4n) is 3.75. The van der Waals surface area contributed by atoms with Crippen molar-refractivity contribution in [1.82, 2.24) is 40.2 Å². The molecule has 0 spiro atoms. The van der Waals surface area contributed by atoms with E-state index in [9.17, 15) is 5.11 Å². The minimum Gasteiger partial charge on any atom is -0.493 e. The summed E-state index contributed by atoms with van der Waals surface area (Å²) in [4.78, 5) is 8.70. The van der Waals surface area contributed by atoms with E-state index in [0.717, 1.165) is 46.4 Å². The van der Waals surface area contributed by atoms with Crippen molar-refractivity contribution in [2.75, 3.05) is 0 Å². The van der Waals surface area contributed by atoms with E-state index in [4.69, 9.17) is 0 Å². The number of aromatic hydroxyl groups is 1. The molecular formula is C22H20N8O. The largest absolute Gasteiger partial charge is 0.493 e. The van der Waals surface area contributed by atoms with E-state index in [1.54, 1.807) is 0 Å². The van der Waals surface area contributed by atoms with Gasteiger partial charge in [0, 0.05) is 17.5 Å². The number of hydrogen-bond donors (Lipinski definition) is 2. The molecule has 0 saturated heterocycles. The molecule has 0 aliphatic carbocycles. The van der Waals surface area contributed by atoms with Gasteiger partial charge in [-0.1, -0.05) is 61.9 Å². The molecule has 0 atom stereocenters. The zero-order valence-corrected chi connectivity index (χ0v) is 16.9. The predicted molar refractivity (Wildman–Crippen MR) is 114 cm³/mol. The average molecular weight is 412 g/mol. The lowest BCUT2D eigenvalue weighted by molar-refractivity contribution is 0.427. The highest BCUT2D eigenvalue weighted by atomic mass is 16.3. The fraction of sp³-hybridized carbons (Fsp3) is 0.182. The summed E-state index contributed by atoms with van der Waals surface area (Å²) in [5, 5.41) is 29.1. The molecule has 0 saturated carbocycles. The third-order valence-electron chi connectivity index (χ3n) is 5.24. The highest BCUT2D eigenvalue weighted by molar-refractivity contribution is 5.80. The molecule has 5 aromatic rings. The highest BCUT2D eigenvalue weighted by Crippen LogP contribution is 2.31. The van der Waals surface area contributed by atoms with Crippen LogP contribution in [-0.4, -0.2) is 45.3 Å². The highest BCUT2D eigenvalue weighted by Gasteiger charge is 2.16. The van der Waals surface area contributed by atoms with Crippen LogP contribution in [0, 0.1) is 0 Å². The molecular weight excluding hydrogens is 392 g/mol. The Hall–Kier alpha value is -4.14. The number of aromatic amines is 1. The van der Waals surface area contributed by atoms with Crippen LogP contribution in [0.5, 0.6) is 5.88 Å². The molecule has 2 N–H and O–H groups in total. The van der Waals surface area contributed by atoms with Crippen LogP contribution in [0.25, 0.3) is 28.3 Å². The summed E-state index contributed by atoms with van der Waals surface area (Å²) in [6.07, 6.45) is 3.65. The maximum atomic E-state index is 10.8. The van der Waals surface area contributed by atoms with Crippen LogP contribution in [0.2, 0.25) is 0 Å². The van der Waals surface area contributed by atoms with E-state index in [-0.39, 0.29) is 5.88 Å². The predicted octanol–water partition coefficient (Wildman–Crippen LogP) is 3.22. The molecule has 5 rings (SSSR count). The van der Waals surface area contributed by atoms with Crippen molar-refractivity contribution in [1.29, 1.82) is 0 Å². The zero-order chi connectivity index (χ0) is 21.2. The summed E-state index contributed by atoms with van der Waals surface area (Å²) < 4.78 is 1.38. The first kappa shape index (κ1) is 18.9. The SMILES string of the molecule is CCCc1nc2ncnn2c(O)c1Cc1ccc(-c2ccccc2-c2nnn[nH]2)cc1. The van der Waals surface area contributed by atoms with Crippen molar-refractivity contribution in [3.63, 3.8) is 0 Å². The number of H-pyrrole nitrogens is 1. The van der Waals surface area contributed by atoms with Gasteiger partial charge in [0.05, 0.1) is 5.69 Å². The Morgan fingerprint density at radius 1 is 1.03 bits per heavy atom. The van der Waals surface area contributed by atoms with E-state index in [1.165, 1.54) is 10.8 Å². The number of aryl methyl sites for hydroxylation is 1. The number of fused-ring (bicyclic) bond motifs is 1. The molecule has 0 unspecified atom stereocenters. The molecule has 0 radical (unpaired) electrons. The zero-order valence-electron chi connectivity index (χ0n) is 16.9. The summed E-state index contributed by atoms with van der Waals surface area (Å²) in [5.41, 5.74) is 5.72. The van der Waals surface area contributed by atoms with Gasteiger partial charge < -0.3 is 5.11 Å². The van der Waals surface area contributed by atoms with Gasteiger partial charge in [-0.05, 0) is 33.5 Å². The minimum atomic E-state index is 0.0955. The van der Waals surface area contributed by atoms with Crippen LogP contribution >= 0.6 is 0 Å². The van der Waals surface area contributed by atoms with Crippen molar-refractivity contribution in [2.45, 2.75) is 26.2 Å². The van der Waals surface area contributed by atoms with Crippen LogP contribution in [0.1, 0.15) is 30.2 Å². The van der Waals surface area contributed by atoms with Crippen LogP contribution in [0.15, 0.2) is 54.9 Å². The third-order valence-corrected chi connectivity index (χ3v) is 5.24. The number of nitrogens with zero attached hydrogens (tertiary/aromatic N) is 7. The van der Waals surface area contributed by atoms with Gasteiger partial charge in [0.1, 0.15) is 6.33 Å². The van der Waals surface area contributed by atoms with Gasteiger partial charge in [-0.25, -0.2) is 10.1 Å². The number of tetrazole rings is 1. The number of hydrogen-bond acceptors (Lipinski definition) is 7. The second-order valence-corrected chi connectivity index (χ2v) is 7.25. The van der Waals surface area contributed by atoms with E-state index in [2.05, 4.69) is 66.9 Å². The Kier molecular flexibility index (Phi) is 4.83. The van der Waals surface area contributed by atoms with E-state index in [1.807, 2.05) is 24.3 Å². The van der Waals surface area contributed by atoms with Crippen LogP contribution in [0.4, 0.5) is 0 Å².